The third-order valence-corrected chi connectivity index (χ3v) is 4.28. The maximum atomic E-state index is 11.8. The topological polar surface area (TPSA) is 113 Å². The van der Waals surface area contributed by atoms with E-state index in [2.05, 4.69) is 20.7 Å². The van der Waals surface area contributed by atoms with Gasteiger partial charge in [-0.2, -0.15) is 0 Å². The highest BCUT2D eigenvalue weighted by molar-refractivity contribution is 9.10. The molecule has 0 spiro atoms. The molecule has 0 bridgehead atoms. The molecule has 0 aliphatic carbocycles. The third kappa shape index (κ3) is 3.65. The Morgan fingerprint density at radius 3 is 2.41 bits per heavy atom. The Morgan fingerprint density at radius 1 is 1.35 bits per heavy atom. The van der Waals surface area contributed by atoms with Gasteiger partial charge < -0.3 is 15.9 Å². The summed E-state index contributed by atoms with van der Waals surface area (Å²) in [6.07, 6.45) is 0. The third-order valence-electron chi connectivity index (χ3n) is 2.04. The first-order valence-corrected chi connectivity index (χ1v) is 6.97. The van der Waals surface area contributed by atoms with E-state index >= 15 is 0 Å². The summed E-state index contributed by atoms with van der Waals surface area (Å²) < 4.78 is 26.4. The molecule has 0 saturated heterocycles. The Balaban J connectivity index is 3.01. The highest BCUT2D eigenvalue weighted by atomic mass is 79.9. The van der Waals surface area contributed by atoms with Crippen LogP contribution in [0.5, 0.6) is 0 Å². The quantitative estimate of drug-likeness (QED) is 0.554. The van der Waals surface area contributed by atoms with Gasteiger partial charge in [0.1, 0.15) is 0 Å². The van der Waals surface area contributed by atoms with Crippen molar-refractivity contribution < 1.29 is 18.6 Å². The van der Waals surface area contributed by atoms with Gasteiger partial charge in [0.2, 0.25) is 10.0 Å². The first-order chi connectivity index (χ1) is 7.90. The summed E-state index contributed by atoms with van der Waals surface area (Å²) in [5.41, 5.74) is 5.86. The number of benzene rings is 1. The average molecular weight is 325 g/mol. The van der Waals surface area contributed by atoms with Crippen LogP contribution in [0.4, 0.5) is 5.69 Å². The number of anilines is 1. The van der Waals surface area contributed by atoms with Gasteiger partial charge in [0.05, 0.1) is 24.2 Å². The van der Waals surface area contributed by atoms with Crippen LogP contribution in [0.2, 0.25) is 0 Å². The standard InChI is InChI=1S/C9H13BrN2O4S/c10-8-2-1-7(3-9(8)11)17(15,16)12-6(4-13)5-14/h1-3,6,12-14H,4-5,11H2. The Kier molecular flexibility index (Phi) is 4.90. The molecule has 0 radical (unpaired) electrons. The number of hydrogen-bond acceptors (Lipinski definition) is 5. The lowest BCUT2D eigenvalue weighted by Crippen LogP contribution is -2.40. The van der Waals surface area contributed by atoms with Crippen molar-refractivity contribution in [3.63, 3.8) is 0 Å². The second kappa shape index (κ2) is 5.78. The van der Waals surface area contributed by atoms with Crippen molar-refractivity contribution in [2.45, 2.75) is 10.9 Å². The molecule has 17 heavy (non-hydrogen) atoms. The van der Waals surface area contributed by atoms with Gasteiger partial charge in [0.15, 0.2) is 0 Å². The molecule has 0 amide bonds. The molecule has 1 aromatic carbocycles. The molecule has 0 aromatic heterocycles. The largest absolute Gasteiger partial charge is 0.398 e. The normalized spacial score (nSPS) is 12.0. The van der Waals surface area contributed by atoms with Crippen LogP contribution < -0.4 is 10.5 Å². The van der Waals surface area contributed by atoms with Crippen molar-refractivity contribution >= 4 is 31.6 Å². The van der Waals surface area contributed by atoms with Crippen molar-refractivity contribution in [1.29, 1.82) is 0 Å². The summed E-state index contributed by atoms with van der Waals surface area (Å²) in [5.74, 6) is 0. The lowest BCUT2D eigenvalue weighted by Gasteiger charge is -2.14. The van der Waals surface area contributed by atoms with Gasteiger partial charge in [0, 0.05) is 10.2 Å². The Hall–Kier alpha value is -0.670. The molecule has 0 aliphatic heterocycles. The number of nitrogens with two attached hydrogens (primary N) is 1. The van der Waals surface area contributed by atoms with Crippen LogP contribution in [-0.2, 0) is 10.0 Å². The van der Waals surface area contributed by atoms with E-state index in [0.717, 1.165) is 0 Å². The predicted octanol–water partition coefficient (Wildman–Crippen LogP) is -0.337. The van der Waals surface area contributed by atoms with Crippen molar-refractivity contribution in [3.8, 4) is 0 Å². The van der Waals surface area contributed by atoms with Crippen LogP contribution in [0, 0.1) is 0 Å². The highest BCUT2D eigenvalue weighted by Crippen LogP contribution is 2.22. The van der Waals surface area contributed by atoms with E-state index in [-0.39, 0.29) is 10.6 Å². The summed E-state index contributed by atoms with van der Waals surface area (Å²) in [6.45, 7) is -0.969. The maximum absolute atomic E-state index is 11.8. The van der Waals surface area contributed by atoms with Crippen molar-refractivity contribution in [2.24, 2.45) is 0 Å². The molecule has 6 nitrogen and oxygen atoms in total. The van der Waals surface area contributed by atoms with Crippen molar-refractivity contribution in [1.82, 2.24) is 4.72 Å². The molecule has 1 aromatic rings. The number of halogens is 1. The number of nitrogens with one attached hydrogen (secondary N) is 1. The molecular formula is C9H13BrN2O4S. The van der Waals surface area contributed by atoms with E-state index in [1.807, 2.05) is 0 Å². The zero-order valence-corrected chi connectivity index (χ0v) is 11.2. The van der Waals surface area contributed by atoms with Gasteiger partial charge >= 0.3 is 0 Å². The highest BCUT2D eigenvalue weighted by Gasteiger charge is 2.19. The van der Waals surface area contributed by atoms with E-state index in [4.69, 9.17) is 15.9 Å². The van der Waals surface area contributed by atoms with Crippen LogP contribution in [0.25, 0.3) is 0 Å². The molecular weight excluding hydrogens is 312 g/mol. The molecule has 0 atom stereocenters. The molecule has 0 heterocycles. The van der Waals surface area contributed by atoms with Gasteiger partial charge in [-0.3, -0.25) is 0 Å². The Labute approximate surface area is 108 Å². The SMILES string of the molecule is Nc1cc(S(=O)(=O)NC(CO)CO)ccc1Br. The minimum absolute atomic E-state index is 0.0231. The molecule has 0 unspecified atom stereocenters. The fraction of sp³-hybridized carbons (Fsp3) is 0.333. The average Bonchev–Trinajstić information content (AvgIpc) is 2.29. The van der Waals surface area contributed by atoms with Gasteiger partial charge in [-0.1, -0.05) is 0 Å². The van der Waals surface area contributed by atoms with Crippen LogP contribution in [0.15, 0.2) is 27.6 Å². The Morgan fingerprint density at radius 2 is 1.94 bits per heavy atom. The molecule has 1 rings (SSSR count). The molecule has 0 saturated carbocycles. The van der Waals surface area contributed by atoms with Crippen molar-refractivity contribution in [2.75, 3.05) is 18.9 Å². The van der Waals surface area contributed by atoms with Crippen LogP contribution in [-0.4, -0.2) is 37.9 Å². The fourth-order valence-electron chi connectivity index (χ4n) is 1.11. The predicted molar refractivity (Wildman–Crippen MR) is 66.8 cm³/mol. The molecule has 0 aliphatic rings. The number of aliphatic hydroxyl groups is 2. The number of rotatable bonds is 5. The van der Waals surface area contributed by atoms with Gasteiger partial charge in [-0.15, -0.1) is 0 Å². The second-order valence-corrected chi connectivity index (χ2v) is 5.93. The van der Waals surface area contributed by atoms with E-state index in [1.54, 1.807) is 0 Å². The number of aliphatic hydroxyl groups excluding tert-OH is 2. The minimum Gasteiger partial charge on any atom is -0.398 e. The van der Waals surface area contributed by atoms with Crippen LogP contribution >= 0.6 is 15.9 Å². The number of sulfonamides is 1. The van der Waals surface area contributed by atoms with Crippen LogP contribution in [0.3, 0.4) is 0 Å². The van der Waals surface area contributed by atoms with E-state index in [1.165, 1.54) is 18.2 Å². The smallest absolute Gasteiger partial charge is 0.241 e. The van der Waals surface area contributed by atoms with Gasteiger partial charge in [0.25, 0.3) is 0 Å². The van der Waals surface area contributed by atoms with E-state index < -0.39 is 29.3 Å². The molecule has 8 heteroatoms. The fourth-order valence-corrected chi connectivity index (χ4v) is 2.61. The first kappa shape index (κ1) is 14.4. The van der Waals surface area contributed by atoms with E-state index in [9.17, 15) is 8.42 Å². The number of hydrogen-bond donors (Lipinski definition) is 4. The summed E-state index contributed by atoms with van der Waals surface area (Å²) in [6, 6.07) is 3.24. The van der Waals surface area contributed by atoms with Gasteiger partial charge in [-0.25, -0.2) is 13.1 Å². The lowest BCUT2D eigenvalue weighted by molar-refractivity contribution is 0.185. The maximum Gasteiger partial charge on any atom is 0.241 e. The van der Waals surface area contributed by atoms with E-state index in [0.29, 0.717) is 4.47 Å². The summed E-state index contributed by atoms with van der Waals surface area (Å²) in [5, 5.41) is 17.6. The summed E-state index contributed by atoms with van der Waals surface area (Å²) >= 11 is 3.15. The lowest BCUT2D eigenvalue weighted by atomic mass is 10.3. The molecule has 5 N–H and O–H groups in total. The summed E-state index contributed by atoms with van der Waals surface area (Å²) in [4.78, 5) is -0.0231. The first-order valence-electron chi connectivity index (χ1n) is 4.69. The Bertz CT molecular complexity index is 488. The van der Waals surface area contributed by atoms with Gasteiger partial charge in [-0.05, 0) is 34.1 Å². The zero-order chi connectivity index (χ0) is 13.1. The zero-order valence-electron chi connectivity index (χ0n) is 8.80. The molecule has 0 fully saturated rings. The summed E-state index contributed by atoms with van der Waals surface area (Å²) in [7, 11) is -3.79. The van der Waals surface area contributed by atoms with Crippen molar-refractivity contribution in [3.05, 3.63) is 22.7 Å². The second-order valence-electron chi connectivity index (χ2n) is 3.37. The van der Waals surface area contributed by atoms with Crippen LogP contribution in [0.1, 0.15) is 0 Å². The minimum atomic E-state index is -3.79. The molecule has 96 valence electrons. The number of nitrogen functional groups attached to an aromatic ring is 1. The monoisotopic (exact) mass is 324 g/mol.